The molecule has 6 aliphatic heterocycles. The van der Waals surface area contributed by atoms with Crippen LogP contribution < -0.4 is 0 Å². The van der Waals surface area contributed by atoms with Gasteiger partial charge in [0.1, 0.15) is 97.2 Å². The Kier molecular flexibility index (Phi) is 16.4. The van der Waals surface area contributed by atoms with E-state index in [1.807, 2.05) is 6.92 Å². The number of ether oxygens (including phenoxy) is 10. The predicted molar refractivity (Wildman–Crippen MR) is 250 cm³/mol. The first-order chi connectivity index (χ1) is 35.5. The molecule has 4 aliphatic carbocycles. The molecule has 10 aliphatic rings. The highest BCUT2D eigenvalue weighted by Crippen LogP contribution is 2.72. The van der Waals surface area contributed by atoms with E-state index < -0.39 is 172 Å². The number of aliphatic hydroxyl groups excluding tert-OH is 13. The number of rotatable bonds is 12. The summed E-state index contributed by atoms with van der Waals surface area (Å²) >= 11 is 0. The molecule has 31 atom stereocenters. The lowest BCUT2D eigenvalue weighted by molar-refractivity contribution is -0.375. The van der Waals surface area contributed by atoms with E-state index in [0.717, 1.165) is 25.7 Å². The average Bonchev–Trinajstić information content (AvgIpc) is 3.85. The van der Waals surface area contributed by atoms with E-state index in [-0.39, 0.29) is 48.2 Å². The van der Waals surface area contributed by atoms with Crippen molar-refractivity contribution in [2.45, 2.75) is 232 Å². The van der Waals surface area contributed by atoms with E-state index >= 15 is 0 Å². The van der Waals surface area contributed by atoms with Gasteiger partial charge in [-0.25, -0.2) is 0 Å². The highest BCUT2D eigenvalue weighted by molar-refractivity contribution is 5.29. The topological polar surface area (TPSA) is 376 Å². The van der Waals surface area contributed by atoms with Crippen LogP contribution in [-0.4, -0.2) is 251 Å². The summed E-state index contributed by atoms with van der Waals surface area (Å²) in [7, 11) is 0. The lowest BCUT2D eigenvalue weighted by atomic mass is 9.46. The number of fused-ring (bicyclic) bond motifs is 7. The predicted octanol–water partition coefficient (Wildman–Crippen LogP) is -3.87. The van der Waals surface area contributed by atoms with Crippen molar-refractivity contribution in [1.82, 2.24) is 0 Å². The van der Waals surface area contributed by atoms with Gasteiger partial charge in [0.25, 0.3) is 0 Å². The molecule has 75 heavy (non-hydrogen) atoms. The van der Waals surface area contributed by atoms with Gasteiger partial charge < -0.3 is 119 Å². The lowest BCUT2D eigenvalue weighted by Crippen LogP contribution is -2.65. The van der Waals surface area contributed by atoms with Crippen LogP contribution in [0, 0.1) is 40.4 Å². The molecule has 9 fully saturated rings. The van der Waals surface area contributed by atoms with E-state index in [0.29, 0.717) is 32.1 Å². The molecule has 14 N–H and O–H groups in total. The van der Waals surface area contributed by atoms with Gasteiger partial charge in [0.2, 0.25) is 0 Å². The summed E-state index contributed by atoms with van der Waals surface area (Å²) in [6, 6.07) is 0. The van der Waals surface area contributed by atoms with E-state index in [1.165, 1.54) is 12.5 Å². The summed E-state index contributed by atoms with van der Waals surface area (Å²) in [6.07, 6.45) is -22.6. The van der Waals surface area contributed by atoms with Crippen LogP contribution in [0.3, 0.4) is 0 Å². The van der Waals surface area contributed by atoms with Crippen LogP contribution in [-0.2, 0) is 47.4 Å². The summed E-state index contributed by atoms with van der Waals surface area (Å²) in [5.74, 6) is -0.765. The zero-order valence-electron chi connectivity index (χ0n) is 42.9. The summed E-state index contributed by atoms with van der Waals surface area (Å²) in [5.41, 5.74) is -0.648. The van der Waals surface area contributed by atoms with Crippen molar-refractivity contribution >= 4 is 0 Å². The molecule has 430 valence electrons. The molecule has 0 amide bonds. The second-order valence-electron chi connectivity index (χ2n) is 24.0. The molecule has 0 aromatic rings. The molecule has 0 aromatic carbocycles. The zero-order chi connectivity index (χ0) is 53.8. The van der Waals surface area contributed by atoms with E-state index in [4.69, 9.17) is 47.4 Å². The van der Waals surface area contributed by atoms with Gasteiger partial charge in [0.05, 0.1) is 51.3 Å². The van der Waals surface area contributed by atoms with Crippen molar-refractivity contribution in [2.24, 2.45) is 40.4 Å². The first kappa shape index (κ1) is 57.0. The minimum atomic E-state index is -1.76. The van der Waals surface area contributed by atoms with Crippen molar-refractivity contribution in [3.63, 3.8) is 0 Å². The van der Waals surface area contributed by atoms with Gasteiger partial charge in [-0.05, 0) is 81.5 Å². The monoisotopic (exact) mass is 1080 g/mol. The third-order valence-electron chi connectivity index (χ3n) is 20.1. The van der Waals surface area contributed by atoms with Crippen molar-refractivity contribution in [3.05, 3.63) is 11.6 Å². The normalized spacial score (nSPS) is 56.9. The molecule has 0 bridgehead atoms. The number of hydrogen-bond acceptors (Lipinski definition) is 24. The molecule has 24 heteroatoms. The zero-order valence-corrected chi connectivity index (χ0v) is 42.9. The van der Waals surface area contributed by atoms with Crippen LogP contribution in [0.25, 0.3) is 0 Å². The third-order valence-corrected chi connectivity index (χ3v) is 20.1. The highest BCUT2D eigenvalue weighted by Gasteiger charge is 2.76. The first-order valence-corrected chi connectivity index (χ1v) is 27.1. The molecular weight excluding hydrogens is 997 g/mol. The molecule has 1 spiro atoms. The fraction of sp³-hybridized carbons (Fsp3) is 0.961. The Morgan fingerprint density at radius 3 is 1.83 bits per heavy atom. The first-order valence-electron chi connectivity index (χ1n) is 27.1. The van der Waals surface area contributed by atoms with E-state index in [1.54, 1.807) is 0 Å². The molecule has 6 heterocycles. The molecule has 6 saturated heterocycles. The van der Waals surface area contributed by atoms with Gasteiger partial charge in [-0.1, -0.05) is 32.4 Å². The van der Waals surface area contributed by atoms with Gasteiger partial charge in [0, 0.05) is 23.7 Å². The Morgan fingerprint density at radius 2 is 1.20 bits per heavy atom. The Bertz CT molecular complexity index is 1990. The van der Waals surface area contributed by atoms with Crippen LogP contribution in [0.1, 0.15) is 85.5 Å². The minimum absolute atomic E-state index is 0.105. The van der Waals surface area contributed by atoms with Gasteiger partial charge >= 0.3 is 0 Å². The largest absolute Gasteiger partial charge is 0.394 e. The molecule has 3 saturated carbocycles. The van der Waals surface area contributed by atoms with Gasteiger partial charge in [-0.3, -0.25) is 0 Å². The Balaban J connectivity index is 0.797. The molecule has 10 rings (SSSR count). The summed E-state index contributed by atoms with van der Waals surface area (Å²) in [5, 5.41) is 149. The van der Waals surface area contributed by atoms with Crippen molar-refractivity contribution in [2.75, 3.05) is 33.0 Å². The molecule has 24 nitrogen and oxygen atoms in total. The number of allylic oxidation sites excluding steroid dienone is 1. The fourth-order valence-corrected chi connectivity index (χ4v) is 15.3. The second-order valence-corrected chi connectivity index (χ2v) is 24.0. The second kappa shape index (κ2) is 21.6. The van der Waals surface area contributed by atoms with Crippen molar-refractivity contribution in [3.8, 4) is 0 Å². The SMILES string of the molecule is C[C@@H]1O[C@@H](O[C@H]2[C@H](O[C@H]3CC[C@@]4(C)C(=CC[C@@H]5[C@@H]4CC[C@@]4(C)[C@H]5C[C@@H]5O[C@]6(CC[C@@H](CO[C@@H]7O[C@H](CO)[C@@H](O)[C@H](O)[C@H]7O)CO6)[C@@H](C)[C@@]54O)C3)O[C@H](CO[C@@H]3O[C@H](CO)[C@@H](O)[C@H](O)[C@H]3O)[C@@H](O)[C@@H]2O)[C@H](O)[C@H](O)[C@H]1O. The highest BCUT2D eigenvalue weighted by atomic mass is 16.8. The van der Waals surface area contributed by atoms with Crippen molar-refractivity contribution < 1.29 is 119 Å². The Morgan fingerprint density at radius 1 is 0.600 bits per heavy atom. The van der Waals surface area contributed by atoms with Crippen LogP contribution >= 0.6 is 0 Å². The number of hydrogen-bond donors (Lipinski definition) is 14. The molecule has 0 radical (unpaired) electrons. The van der Waals surface area contributed by atoms with Crippen LogP contribution in [0.15, 0.2) is 11.6 Å². The quantitative estimate of drug-likeness (QED) is 0.0832. The summed E-state index contributed by atoms with van der Waals surface area (Å²) in [6.45, 7) is 6.64. The maximum absolute atomic E-state index is 13.1. The van der Waals surface area contributed by atoms with Crippen LogP contribution in [0.2, 0.25) is 0 Å². The average molecular weight is 1080 g/mol. The Labute approximate surface area is 434 Å². The molecular formula is C51H82O24. The third kappa shape index (κ3) is 9.51. The van der Waals surface area contributed by atoms with Crippen LogP contribution in [0.4, 0.5) is 0 Å². The van der Waals surface area contributed by atoms with Gasteiger partial charge in [-0.2, -0.15) is 0 Å². The molecule has 0 unspecified atom stereocenters. The number of aliphatic hydroxyl groups is 14. The van der Waals surface area contributed by atoms with Gasteiger partial charge in [-0.15, -0.1) is 0 Å². The Hall–Kier alpha value is -1.22. The molecule has 0 aromatic heterocycles. The van der Waals surface area contributed by atoms with Crippen molar-refractivity contribution in [1.29, 1.82) is 0 Å². The minimum Gasteiger partial charge on any atom is -0.394 e. The standard InChI is InChI=1S/C51H82O24/c1-20-32(54)36(58)42(64)46(69-20)74-43-39(61)35(57)30(19-67-45-41(63)38(60)34(56)29(16-53)72-45)73-47(43)70-24-8-10-48(3)23(13-24)5-6-25-26(48)9-11-49(4)27(25)14-31-51(49,65)21(2)50(75-31)12-7-22(18-68-50)17-66-44-40(62)37(59)33(55)28(15-52)71-44/h5,20-22,24-47,52-65H,6-19H2,1-4H3/t20-,21+,22-,24-,25+,26-,27-,28+,29+,30+,31-,32-,33+,34+,35+,36+,37-,38-,39-,40+,41+,42+,43+,44+,45+,46-,47+,48-,49-,50+,51+/m0/s1. The van der Waals surface area contributed by atoms with Crippen LogP contribution in [0.5, 0.6) is 0 Å². The summed E-state index contributed by atoms with van der Waals surface area (Å²) in [4.78, 5) is 0. The smallest absolute Gasteiger partial charge is 0.187 e. The maximum atomic E-state index is 13.1. The van der Waals surface area contributed by atoms with E-state index in [2.05, 4.69) is 19.9 Å². The fourth-order valence-electron chi connectivity index (χ4n) is 15.3. The maximum Gasteiger partial charge on any atom is 0.187 e. The summed E-state index contributed by atoms with van der Waals surface area (Å²) < 4.78 is 60.8. The van der Waals surface area contributed by atoms with E-state index in [9.17, 15) is 71.5 Å². The van der Waals surface area contributed by atoms with Gasteiger partial charge in [0.15, 0.2) is 30.9 Å². The lowest BCUT2D eigenvalue weighted by Gasteiger charge is -2.60.